The first kappa shape index (κ1) is 20.7. The van der Waals surface area contributed by atoms with Crippen LogP contribution in [0.15, 0.2) is 95.1 Å². The molecule has 0 spiro atoms. The summed E-state index contributed by atoms with van der Waals surface area (Å²) in [5.74, 6) is 0.892. The first-order valence-corrected chi connectivity index (χ1v) is 11.0. The molecule has 6 nitrogen and oxygen atoms in total. The Balaban J connectivity index is 1.64. The number of allylic oxidation sites excluding steroid dienone is 1. The predicted molar refractivity (Wildman–Crippen MR) is 128 cm³/mol. The maximum Gasteiger partial charge on any atom is 0.326 e. The average Bonchev–Trinajstić information content (AvgIpc) is 3.35. The van der Waals surface area contributed by atoms with E-state index in [4.69, 9.17) is 9.51 Å². The number of carbonyl (C=O) groups is 1. The van der Waals surface area contributed by atoms with Crippen molar-refractivity contribution in [1.29, 1.82) is 0 Å². The lowest BCUT2D eigenvalue weighted by Crippen LogP contribution is -2.46. The van der Waals surface area contributed by atoms with Crippen LogP contribution < -0.4 is 10.2 Å². The van der Waals surface area contributed by atoms with Gasteiger partial charge in [0.25, 0.3) is 5.89 Å². The van der Waals surface area contributed by atoms with Crippen LogP contribution in [0.25, 0.3) is 17.0 Å². The second-order valence-electron chi connectivity index (χ2n) is 7.94. The molecule has 4 aromatic rings. The van der Waals surface area contributed by atoms with Gasteiger partial charge in [-0.05, 0) is 36.6 Å². The van der Waals surface area contributed by atoms with Gasteiger partial charge in [0.1, 0.15) is 0 Å². The molecule has 1 aliphatic heterocycles. The number of carbonyl (C=O) groups excluding carboxylic acids is 1. The zero-order chi connectivity index (χ0) is 22.8. The van der Waals surface area contributed by atoms with Gasteiger partial charge in [-0.3, -0.25) is 4.90 Å². The van der Waals surface area contributed by atoms with Gasteiger partial charge in [-0.25, -0.2) is 4.79 Å². The number of urea groups is 1. The van der Waals surface area contributed by atoms with E-state index in [1.807, 2.05) is 91.9 Å². The molecule has 6 heteroatoms. The number of hydrogen-bond donors (Lipinski definition) is 1. The Labute approximate surface area is 192 Å². The molecule has 1 N–H and O–H groups in total. The molecule has 1 unspecified atom stereocenters. The molecule has 0 bridgehead atoms. The fraction of sp³-hybridized carbons (Fsp3) is 0.148. The van der Waals surface area contributed by atoms with Crippen LogP contribution in [-0.4, -0.2) is 16.2 Å². The van der Waals surface area contributed by atoms with Crippen molar-refractivity contribution >= 4 is 17.3 Å². The Morgan fingerprint density at radius 3 is 2.27 bits per heavy atom. The summed E-state index contributed by atoms with van der Waals surface area (Å²) in [6.07, 6.45) is 0.937. The summed E-state index contributed by atoms with van der Waals surface area (Å²) in [6, 6.07) is 26.9. The Bertz CT molecular complexity index is 1290. The Morgan fingerprint density at radius 1 is 0.939 bits per heavy atom. The first-order valence-electron chi connectivity index (χ1n) is 11.0. The largest absolute Gasteiger partial charge is 0.334 e. The molecule has 1 aromatic heterocycles. The number of anilines is 1. The highest BCUT2D eigenvalue weighted by Gasteiger charge is 2.36. The molecule has 1 aliphatic rings. The van der Waals surface area contributed by atoms with Gasteiger partial charge in [0.15, 0.2) is 0 Å². The molecule has 0 saturated carbocycles. The van der Waals surface area contributed by atoms with Gasteiger partial charge in [-0.1, -0.05) is 84.9 Å². The van der Waals surface area contributed by atoms with Crippen LogP contribution in [0.2, 0.25) is 0 Å². The van der Waals surface area contributed by atoms with E-state index in [1.54, 1.807) is 4.90 Å². The van der Waals surface area contributed by atoms with Crippen molar-refractivity contribution < 1.29 is 9.32 Å². The second kappa shape index (κ2) is 8.74. The third kappa shape index (κ3) is 3.91. The molecule has 0 aliphatic carbocycles. The molecule has 2 heterocycles. The van der Waals surface area contributed by atoms with E-state index < -0.39 is 6.04 Å². The minimum atomic E-state index is -0.408. The summed E-state index contributed by atoms with van der Waals surface area (Å²) in [5.41, 5.74) is 5.34. The van der Waals surface area contributed by atoms with E-state index >= 15 is 0 Å². The van der Waals surface area contributed by atoms with Crippen molar-refractivity contribution in [2.45, 2.75) is 26.3 Å². The lowest BCUT2D eigenvalue weighted by atomic mass is 9.94. The van der Waals surface area contributed by atoms with Crippen LogP contribution in [0.4, 0.5) is 10.5 Å². The SMILES string of the molecule is CCc1ccc(N2C(=O)NC(c3ccccc3)C(c3nc(-c4ccccc4)no3)=C2C)cc1. The van der Waals surface area contributed by atoms with Crippen molar-refractivity contribution in [3.05, 3.63) is 108 Å². The summed E-state index contributed by atoms with van der Waals surface area (Å²) < 4.78 is 5.74. The number of rotatable bonds is 5. The number of aryl methyl sites for hydroxylation is 1. The van der Waals surface area contributed by atoms with Crippen molar-refractivity contribution in [3.63, 3.8) is 0 Å². The van der Waals surface area contributed by atoms with Gasteiger partial charge in [0, 0.05) is 11.3 Å². The molecule has 33 heavy (non-hydrogen) atoms. The molecular formula is C27H24N4O2. The van der Waals surface area contributed by atoms with Gasteiger partial charge in [-0.15, -0.1) is 0 Å². The van der Waals surface area contributed by atoms with Gasteiger partial charge < -0.3 is 9.84 Å². The van der Waals surface area contributed by atoms with Gasteiger partial charge in [-0.2, -0.15) is 4.98 Å². The minimum absolute atomic E-state index is 0.197. The van der Waals surface area contributed by atoms with E-state index in [1.165, 1.54) is 5.56 Å². The zero-order valence-corrected chi connectivity index (χ0v) is 18.5. The maximum atomic E-state index is 13.3. The van der Waals surface area contributed by atoms with E-state index in [0.29, 0.717) is 11.7 Å². The van der Waals surface area contributed by atoms with Crippen molar-refractivity contribution in [2.75, 3.05) is 4.90 Å². The number of benzene rings is 3. The van der Waals surface area contributed by atoms with Gasteiger partial charge >= 0.3 is 6.03 Å². The number of nitrogens with zero attached hydrogens (tertiary/aromatic N) is 3. The average molecular weight is 437 g/mol. The number of aromatic nitrogens is 2. The Morgan fingerprint density at radius 2 is 1.61 bits per heavy atom. The molecule has 0 fully saturated rings. The number of hydrogen-bond acceptors (Lipinski definition) is 4. The zero-order valence-electron chi connectivity index (χ0n) is 18.5. The summed E-state index contributed by atoms with van der Waals surface area (Å²) in [7, 11) is 0. The molecule has 5 rings (SSSR count). The molecule has 0 saturated heterocycles. The summed E-state index contributed by atoms with van der Waals surface area (Å²) in [5, 5.41) is 7.35. The standard InChI is InChI=1S/C27H24N4O2/c1-3-19-14-16-22(17-15-19)31-18(2)23(24(28-27(31)32)20-10-6-4-7-11-20)26-29-25(30-33-26)21-12-8-5-9-13-21/h4-17,24H,3H2,1-2H3,(H,28,32). The predicted octanol–water partition coefficient (Wildman–Crippen LogP) is 6.00. The monoisotopic (exact) mass is 436 g/mol. The minimum Gasteiger partial charge on any atom is -0.334 e. The number of nitrogens with one attached hydrogen (secondary N) is 1. The van der Waals surface area contributed by atoms with Crippen molar-refractivity contribution in [3.8, 4) is 11.4 Å². The van der Waals surface area contributed by atoms with Crippen LogP contribution >= 0.6 is 0 Å². The summed E-state index contributed by atoms with van der Waals surface area (Å²) in [4.78, 5) is 19.6. The van der Waals surface area contributed by atoms with Crippen LogP contribution in [0.1, 0.15) is 36.9 Å². The van der Waals surface area contributed by atoms with E-state index in [2.05, 4.69) is 17.4 Å². The van der Waals surface area contributed by atoms with E-state index in [9.17, 15) is 4.79 Å². The van der Waals surface area contributed by atoms with Crippen LogP contribution in [0, 0.1) is 0 Å². The quantitative estimate of drug-likeness (QED) is 0.416. The second-order valence-corrected chi connectivity index (χ2v) is 7.94. The van der Waals surface area contributed by atoms with Gasteiger partial charge in [0.2, 0.25) is 5.82 Å². The molecule has 164 valence electrons. The lowest BCUT2D eigenvalue weighted by Gasteiger charge is -2.35. The van der Waals surface area contributed by atoms with Crippen LogP contribution in [0.3, 0.4) is 0 Å². The fourth-order valence-corrected chi connectivity index (χ4v) is 4.14. The van der Waals surface area contributed by atoms with Crippen LogP contribution in [0.5, 0.6) is 0 Å². The molecule has 3 aromatic carbocycles. The van der Waals surface area contributed by atoms with Crippen LogP contribution in [-0.2, 0) is 6.42 Å². The first-order chi connectivity index (χ1) is 16.2. The van der Waals surface area contributed by atoms with Gasteiger partial charge in [0.05, 0.1) is 17.3 Å². The van der Waals surface area contributed by atoms with E-state index in [-0.39, 0.29) is 6.03 Å². The number of amides is 2. The smallest absolute Gasteiger partial charge is 0.326 e. The topological polar surface area (TPSA) is 71.3 Å². The third-order valence-electron chi connectivity index (χ3n) is 5.91. The highest BCUT2D eigenvalue weighted by Crippen LogP contribution is 2.39. The third-order valence-corrected chi connectivity index (χ3v) is 5.91. The summed E-state index contributed by atoms with van der Waals surface area (Å²) >= 11 is 0. The summed E-state index contributed by atoms with van der Waals surface area (Å²) in [6.45, 7) is 4.03. The Hall–Kier alpha value is -4.19. The van der Waals surface area contributed by atoms with Crippen molar-refractivity contribution in [2.24, 2.45) is 0 Å². The highest BCUT2D eigenvalue weighted by atomic mass is 16.5. The lowest BCUT2D eigenvalue weighted by molar-refractivity contribution is 0.244. The van der Waals surface area contributed by atoms with E-state index in [0.717, 1.165) is 34.5 Å². The Kier molecular flexibility index (Phi) is 5.48. The molecular weight excluding hydrogens is 412 g/mol. The molecule has 1 atom stereocenters. The normalized spacial score (nSPS) is 16.1. The van der Waals surface area contributed by atoms with Crippen molar-refractivity contribution in [1.82, 2.24) is 15.5 Å². The molecule has 2 amide bonds. The molecule has 0 radical (unpaired) electrons. The highest BCUT2D eigenvalue weighted by molar-refractivity contribution is 6.01. The maximum absolute atomic E-state index is 13.3. The fourth-order valence-electron chi connectivity index (χ4n) is 4.14.